The first-order valence-electron chi connectivity index (χ1n) is 12.2. The standard InChI is InChI=1S/C27H30ClN3O4S/c1-15-12-20-21(24(33)29-2)22-26(35)31(17(14-32)13-16-8-4-3-5-9-16)23(27(15,22)36-20)25(34)30-19-11-7-6-10-18(19)28/h3-11,15,17,20-23,32H,12-14H2,1-2H3,(H,29,33)(H,30,34)/t15?,17-,20+,21-,22+,23?,27?/m1/s1. The van der Waals surface area contributed by atoms with E-state index in [9.17, 15) is 19.5 Å². The number of para-hydroxylation sites is 1. The Morgan fingerprint density at radius 3 is 2.53 bits per heavy atom. The normalized spacial score (nSPS) is 31.3. The second-order valence-corrected chi connectivity index (χ2v) is 11.9. The molecule has 0 aliphatic carbocycles. The number of rotatable bonds is 7. The van der Waals surface area contributed by atoms with Gasteiger partial charge in [0.15, 0.2) is 0 Å². The summed E-state index contributed by atoms with van der Waals surface area (Å²) < 4.78 is -0.769. The zero-order chi connectivity index (χ0) is 25.6. The Kier molecular flexibility index (Phi) is 6.78. The summed E-state index contributed by atoms with van der Waals surface area (Å²) in [5.74, 6) is -1.87. The number of anilines is 1. The summed E-state index contributed by atoms with van der Waals surface area (Å²) in [7, 11) is 1.58. The maximum absolute atomic E-state index is 14.2. The lowest BCUT2D eigenvalue weighted by molar-refractivity contribution is -0.142. The van der Waals surface area contributed by atoms with Crippen molar-refractivity contribution in [1.29, 1.82) is 0 Å². The van der Waals surface area contributed by atoms with Crippen LogP contribution in [0.15, 0.2) is 54.6 Å². The van der Waals surface area contributed by atoms with Crippen molar-refractivity contribution >= 4 is 46.8 Å². The highest BCUT2D eigenvalue weighted by Gasteiger charge is 2.76. The third-order valence-corrected chi connectivity index (χ3v) is 10.4. The average Bonchev–Trinajstić information content (AvgIpc) is 3.47. The van der Waals surface area contributed by atoms with Crippen LogP contribution in [0.3, 0.4) is 0 Å². The molecule has 5 rings (SSSR count). The molecule has 1 spiro atoms. The number of hydrogen-bond donors (Lipinski definition) is 3. The third kappa shape index (κ3) is 3.81. The molecule has 7 atom stereocenters. The van der Waals surface area contributed by atoms with Crippen LogP contribution >= 0.6 is 23.4 Å². The maximum Gasteiger partial charge on any atom is 0.248 e. The number of fused-ring (bicyclic) bond motifs is 1. The quantitative estimate of drug-likeness (QED) is 0.514. The smallest absolute Gasteiger partial charge is 0.248 e. The molecule has 3 aliphatic heterocycles. The van der Waals surface area contributed by atoms with Gasteiger partial charge in [-0.3, -0.25) is 14.4 Å². The minimum Gasteiger partial charge on any atom is -0.394 e. The summed E-state index contributed by atoms with van der Waals surface area (Å²) in [5, 5.41) is 16.5. The van der Waals surface area contributed by atoms with Crippen LogP contribution in [-0.2, 0) is 20.8 Å². The molecule has 2 aromatic carbocycles. The molecule has 3 N–H and O–H groups in total. The first-order chi connectivity index (χ1) is 17.3. The molecular formula is C27H30ClN3O4S. The van der Waals surface area contributed by atoms with Gasteiger partial charge in [-0.05, 0) is 36.5 Å². The average molecular weight is 528 g/mol. The highest BCUT2D eigenvalue weighted by Crippen LogP contribution is 2.68. The van der Waals surface area contributed by atoms with E-state index in [1.807, 2.05) is 30.3 Å². The number of nitrogens with one attached hydrogen (secondary N) is 2. The fraction of sp³-hybridized carbons (Fsp3) is 0.444. The second kappa shape index (κ2) is 9.72. The van der Waals surface area contributed by atoms with Crippen LogP contribution in [-0.4, -0.2) is 63.5 Å². The highest BCUT2D eigenvalue weighted by molar-refractivity contribution is 8.02. The Morgan fingerprint density at radius 1 is 1.17 bits per heavy atom. The number of benzene rings is 2. The zero-order valence-electron chi connectivity index (χ0n) is 20.2. The van der Waals surface area contributed by atoms with E-state index in [2.05, 4.69) is 17.6 Å². The summed E-state index contributed by atoms with van der Waals surface area (Å²) in [5.41, 5.74) is 1.42. The number of amides is 3. The van der Waals surface area contributed by atoms with Crippen LogP contribution in [0.25, 0.3) is 0 Å². The summed E-state index contributed by atoms with van der Waals surface area (Å²) in [6.45, 7) is 1.77. The monoisotopic (exact) mass is 527 g/mol. The van der Waals surface area contributed by atoms with Gasteiger partial charge in [-0.1, -0.05) is 61.0 Å². The van der Waals surface area contributed by atoms with E-state index < -0.39 is 28.7 Å². The minimum absolute atomic E-state index is 0.0328. The Bertz CT molecular complexity index is 1180. The molecule has 9 heteroatoms. The van der Waals surface area contributed by atoms with Gasteiger partial charge in [0.1, 0.15) is 6.04 Å². The fourth-order valence-electron chi connectivity index (χ4n) is 6.52. The Balaban J connectivity index is 1.59. The molecule has 3 unspecified atom stereocenters. The number of likely N-dealkylation sites (tertiary alicyclic amines) is 1. The van der Waals surface area contributed by atoms with Gasteiger partial charge in [-0.2, -0.15) is 0 Å². The topological polar surface area (TPSA) is 98.7 Å². The summed E-state index contributed by atoms with van der Waals surface area (Å²) in [6, 6.07) is 15.1. The fourth-order valence-corrected chi connectivity index (χ4v) is 9.11. The van der Waals surface area contributed by atoms with Gasteiger partial charge in [0.05, 0.1) is 39.9 Å². The van der Waals surface area contributed by atoms with Crippen molar-refractivity contribution in [2.45, 2.75) is 41.8 Å². The van der Waals surface area contributed by atoms with E-state index in [0.717, 1.165) is 12.0 Å². The highest BCUT2D eigenvalue weighted by atomic mass is 35.5. The number of carbonyl (C=O) groups is 3. The molecule has 3 aliphatic rings. The van der Waals surface area contributed by atoms with E-state index in [0.29, 0.717) is 17.1 Å². The lowest BCUT2D eigenvalue weighted by Crippen LogP contribution is -2.57. The molecule has 2 aromatic rings. The molecule has 7 nitrogen and oxygen atoms in total. The first-order valence-corrected chi connectivity index (χ1v) is 13.5. The van der Waals surface area contributed by atoms with Gasteiger partial charge in [-0.15, -0.1) is 11.8 Å². The number of thioether (sulfide) groups is 1. The predicted octanol–water partition coefficient (Wildman–Crippen LogP) is 2.97. The van der Waals surface area contributed by atoms with Crippen molar-refractivity contribution < 1.29 is 19.5 Å². The molecule has 190 valence electrons. The molecule has 0 saturated carbocycles. The lowest BCUT2D eigenvalue weighted by Gasteiger charge is -2.40. The lowest BCUT2D eigenvalue weighted by atomic mass is 9.66. The van der Waals surface area contributed by atoms with E-state index in [1.54, 1.807) is 48.0 Å². The van der Waals surface area contributed by atoms with Crippen LogP contribution in [0.1, 0.15) is 18.9 Å². The Hall–Kier alpha value is -2.55. The molecule has 3 fully saturated rings. The van der Waals surface area contributed by atoms with E-state index in [-0.39, 0.29) is 35.5 Å². The number of nitrogens with zero attached hydrogens (tertiary/aromatic N) is 1. The van der Waals surface area contributed by atoms with Crippen molar-refractivity contribution in [2.75, 3.05) is 19.0 Å². The van der Waals surface area contributed by atoms with Crippen molar-refractivity contribution in [3.63, 3.8) is 0 Å². The van der Waals surface area contributed by atoms with Crippen LogP contribution < -0.4 is 10.6 Å². The molecule has 3 saturated heterocycles. The van der Waals surface area contributed by atoms with Gasteiger partial charge >= 0.3 is 0 Å². The van der Waals surface area contributed by atoms with Gasteiger partial charge < -0.3 is 20.6 Å². The molecule has 2 bridgehead atoms. The van der Waals surface area contributed by atoms with Crippen LogP contribution in [0.2, 0.25) is 5.02 Å². The largest absolute Gasteiger partial charge is 0.394 e. The number of carbonyl (C=O) groups excluding carboxylic acids is 3. The molecule has 3 amide bonds. The summed E-state index contributed by atoms with van der Waals surface area (Å²) in [4.78, 5) is 42.8. The Morgan fingerprint density at radius 2 is 1.86 bits per heavy atom. The number of halogens is 1. The van der Waals surface area contributed by atoms with Gasteiger partial charge in [0.2, 0.25) is 17.7 Å². The van der Waals surface area contributed by atoms with Crippen LogP contribution in [0.5, 0.6) is 0 Å². The SMILES string of the molecule is CNC(=O)[C@@H]1[C@@H]2CC(C)C3(S2)C(C(=O)Nc2ccccc2Cl)N([C@@H](CO)Cc2ccccc2)C(=O)[C@H]13. The van der Waals surface area contributed by atoms with E-state index >= 15 is 0 Å². The maximum atomic E-state index is 14.2. The summed E-state index contributed by atoms with van der Waals surface area (Å²) >= 11 is 7.95. The predicted molar refractivity (Wildman–Crippen MR) is 141 cm³/mol. The van der Waals surface area contributed by atoms with Crippen LogP contribution in [0, 0.1) is 17.8 Å². The van der Waals surface area contributed by atoms with Crippen molar-refractivity contribution in [2.24, 2.45) is 17.8 Å². The van der Waals surface area contributed by atoms with Gasteiger partial charge in [0.25, 0.3) is 0 Å². The number of aliphatic hydroxyl groups is 1. The number of aliphatic hydroxyl groups excluding tert-OH is 1. The zero-order valence-corrected chi connectivity index (χ0v) is 21.8. The number of hydrogen-bond acceptors (Lipinski definition) is 5. The molecule has 0 aromatic heterocycles. The van der Waals surface area contributed by atoms with Gasteiger partial charge in [0, 0.05) is 12.3 Å². The molecule has 0 radical (unpaired) electrons. The van der Waals surface area contributed by atoms with E-state index in [1.165, 1.54) is 0 Å². The second-order valence-electron chi connectivity index (χ2n) is 9.91. The van der Waals surface area contributed by atoms with Crippen molar-refractivity contribution in [3.05, 3.63) is 65.2 Å². The van der Waals surface area contributed by atoms with Crippen molar-refractivity contribution in [1.82, 2.24) is 10.2 Å². The minimum atomic E-state index is -0.855. The van der Waals surface area contributed by atoms with Crippen LogP contribution in [0.4, 0.5) is 5.69 Å². The van der Waals surface area contributed by atoms with Gasteiger partial charge in [-0.25, -0.2) is 0 Å². The molecule has 36 heavy (non-hydrogen) atoms. The summed E-state index contributed by atoms with van der Waals surface area (Å²) in [6.07, 6.45) is 1.15. The van der Waals surface area contributed by atoms with Crippen molar-refractivity contribution in [3.8, 4) is 0 Å². The molecular weight excluding hydrogens is 498 g/mol. The third-order valence-electron chi connectivity index (χ3n) is 8.03. The Labute approximate surface area is 220 Å². The molecule has 3 heterocycles. The first kappa shape index (κ1) is 25.1. The van der Waals surface area contributed by atoms with E-state index in [4.69, 9.17) is 11.6 Å².